The molecule has 0 saturated carbocycles. The summed E-state index contributed by atoms with van der Waals surface area (Å²) in [5.74, 6) is 0.107. The van der Waals surface area contributed by atoms with Gasteiger partial charge in [0.25, 0.3) is 0 Å². The second-order valence-electron chi connectivity index (χ2n) is 4.47. The van der Waals surface area contributed by atoms with E-state index in [0.29, 0.717) is 19.1 Å². The van der Waals surface area contributed by atoms with Gasteiger partial charge < -0.3 is 20.7 Å². The molecule has 1 amide bonds. The third kappa shape index (κ3) is 4.47. The van der Waals surface area contributed by atoms with E-state index in [1.54, 1.807) is 19.0 Å². The molecule has 0 aromatic carbocycles. The summed E-state index contributed by atoms with van der Waals surface area (Å²) in [4.78, 5) is 13.1. The number of carbonyl (C=O) groups is 1. The summed E-state index contributed by atoms with van der Waals surface area (Å²) in [6.07, 6.45) is 2.99. The molecule has 1 aliphatic heterocycles. The Bertz CT molecular complexity index is 215. The normalized spacial score (nSPS) is 22.1. The minimum absolute atomic E-state index is 0.0547. The molecule has 0 spiro atoms. The van der Waals surface area contributed by atoms with Crippen LogP contribution in [0.5, 0.6) is 0 Å². The molecule has 2 atom stereocenters. The standard InChI is InChI=1S/C11H23N3O2/c1-14(2)11(15)6-9(7-12)13-8-10-4-3-5-16-10/h9-10,13H,3-8,12H2,1-2H3. The van der Waals surface area contributed by atoms with Gasteiger partial charge in [-0.15, -0.1) is 0 Å². The molecule has 94 valence electrons. The number of rotatable bonds is 6. The molecular weight excluding hydrogens is 206 g/mol. The molecule has 0 aromatic heterocycles. The van der Waals surface area contributed by atoms with Crippen molar-refractivity contribution in [3.8, 4) is 0 Å². The van der Waals surface area contributed by atoms with Gasteiger partial charge in [0, 0.05) is 46.3 Å². The zero-order chi connectivity index (χ0) is 12.0. The van der Waals surface area contributed by atoms with Gasteiger partial charge in [-0.25, -0.2) is 0 Å². The lowest BCUT2D eigenvalue weighted by atomic mass is 10.1. The molecule has 2 unspecified atom stereocenters. The molecular formula is C11H23N3O2. The van der Waals surface area contributed by atoms with Crippen molar-refractivity contribution in [1.82, 2.24) is 10.2 Å². The quantitative estimate of drug-likeness (QED) is 0.648. The summed E-state index contributed by atoms with van der Waals surface area (Å²) >= 11 is 0. The van der Waals surface area contributed by atoms with Crippen LogP contribution in [-0.2, 0) is 9.53 Å². The summed E-state index contributed by atoms with van der Waals surface area (Å²) < 4.78 is 5.50. The van der Waals surface area contributed by atoms with E-state index in [-0.39, 0.29) is 11.9 Å². The highest BCUT2D eigenvalue weighted by Gasteiger charge is 2.18. The van der Waals surface area contributed by atoms with Crippen LogP contribution in [0, 0.1) is 0 Å². The highest BCUT2D eigenvalue weighted by molar-refractivity contribution is 5.76. The SMILES string of the molecule is CN(C)C(=O)CC(CN)NCC1CCCO1. The van der Waals surface area contributed by atoms with Gasteiger partial charge >= 0.3 is 0 Å². The van der Waals surface area contributed by atoms with Crippen LogP contribution >= 0.6 is 0 Å². The minimum atomic E-state index is 0.0547. The van der Waals surface area contributed by atoms with Crippen LogP contribution in [0.3, 0.4) is 0 Å². The van der Waals surface area contributed by atoms with E-state index in [2.05, 4.69) is 5.32 Å². The third-order valence-electron chi connectivity index (χ3n) is 2.86. The van der Waals surface area contributed by atoms with E-state index in [0.717, 1.165) is 26.0 Å². The first-order valence-electron chi connectivity index (χ1n) is 5.88. The zero-order valence-electron chi connectivity index (χ0n) is 10.2. The number of carbonyl (C=O) groups excluding carboxylic acids is 1. The lowest BCUT2D eigenvalue weighted by molar-refractivity contribution is -0.129. The van der Waals surface area contributed by atoms with Gasteiger partial charge in [-0.2, -0.15) is 0 Å². The van der Waals surface area contributed by atoms with Crippen LogP contribution in [0.2, 0.25) is 0 Å². The van der Waals surface area contributed by atoms with Crippen molar-refractivity contribution in [1.29, 1.82) is 0 Å². The Balaban J connectivity index is 2.22. The van der Waals surface area contributed by atoms with Crippen LogP contribution in [-0.4, -0.2) is 56.7 Å². The molecule has 0 radical (unpaired) electrons. The van der Waals surface area contributed by atoms with Crippen molar-refractivity contribution >= 4 is 5.91 Å². The maximum absolute atomic E-state index is 11.5. The number of nitrogens with one attached hydrogen (secondary N) is 1. The van der Waals surface area contributed by atoms with Crippen molar-refractivity contribution in [2.45, 2.75) is 31.4 Å². The number of ether oxygens (including phenoxy) is 1. The van der Waals surface area contributed by atoms with E-state index in [9.17, 15) is 4.79 Å². The first kappa shape index (κ1) is 13.4. The van der Waals surface area contributed by atoms with Crippen LogP contribution < -0.4 is 11.1 Å². The maximum Gasteiger partial charge on any atom is 0.223 e. The third-order valence-corrected chi connectivity index (χ3v) is 2.86. The Morgan fingerprint density at radius 1 is 1.62 bits per heavy atom. The van der Waals surface area contributed by atoms with Crippen molar-refractivity contribution in [3.05, 3.63) is 0 Å². The second-order valence-corrected chi connectivity index (χ2v) is 4.47. The molecule has 0 bridgehead atoms. The van der Waals surface area contributed by atoms with Gasteiger partial charge in [-0.1, -0.05) is 0 Å². The van der Waals surface area contributed by atoms with Crippen LogP contribution in [0.4, 0.5) is 0 Å². The lowest BCUT2D eigenvalue weighted by Crippen LogP contribution is -2.43. The predicted molar refractivity (Wildman–Crippen MR) is 63.1 cm³/mol. The summed E-state index contributed by atoms with van der Waals surface area (Å²) in [5, 5.41) is 3.30. The summed E-state index contributed by atoms with van der Waals surface area (Å²) in [5.41, 5.74) is 5.63. The average Bonchev–Trinajstić information content (AvgIpc) is 2.76. The molecule has 1 saturated heterocycles. The van der Waals surface area contributed by atoms with Crippen LogP contribution in [0.25, 0.3) is 0 Å². The first-order chi connectivity index (χ1) is 7.63. The molecule has 3 N–H and O–H groups in total. The second kappa shape index (κ2) is 6.83. The highest BCUT2D eigenvalue weighted by Crippen LogP contribution is 2.10. The van der Waals surface area contributed by atoms with Gasteiger partial charge in [0.1, 0.15) is 0 Å². The zero-order valence-corrected chi connectivity index (χ0v) is 10.2. The number of hydrogen-bond donors (Lipinski definition) is 2. The predicted octanol–water partition coefficient (Wildman–Crippen LogP) is -0.439. The monoisotopic (exact) mass is 229 g/mol. The molecule has 16 heavy (non-hydrogen) atoms. The van der Waals surface area contributed by atoms with Crippen molar-refractivity contribution in [2.75, 3.05) is 33.8 Å². The van der Waals surface area contributed by atoms with E-state index < -0.39 is 0 Å². The topological polar surface area (TPSA) is 67.6 Å². The number of nitrogens with two attached hydrogens (primary N) is 1. The Kier molecular flexibility index (Phi) is 5.73. The summed E-state index contributed by atoms with van der Waals surface area (Å²) in [7, 11) is 3.52. The van der Waals surface area contributed by atoms with Crippen molar-refractivity contribution in [2.24, 2.45) is 5.73 Å². The van der Waals surface area contributed by atoms with Gasteiger partial charge in [-0.05, 0) is 12.8 Å². The summed E-state index contributed by atoms with van der Waals surface area (Å²) in [6, 6.07) is 0.0547. The van der Waals surface area contributed by atoms with E-state index >= 15 is 0 Å². The number of hydrogen-bond acceptors (Lipinski definition) is 4. The van der Waals surface area contributed by atoms with Crippen LogP contribution in [0.1, 0.15) is 19.3 Å². The Morgan fingerprint density at radius 2 is 2.38 bits per heavy atom. The molecule has 1 heterocycles. The largest absolute Gasteiger partial charge is 0.377 e. The fourth-order valence-electron chi connectivity index (χ4n) is 1.74. The fourth-order valence-corrected chi connectivity index (χ4v) is 1.74. The molecule has 1 aliphatic rings. The lowest BCUT2D eigenvalue weighted by Gasteiger charge is -2.20. The van der Waals surface area contributed by atoms with Gasteiger partial charge in [0.15, 0.2) is 0 Å². The fraction of sp³-hybridized carbons (Fsp3) is 0.909. The van der Waals surface area contributed by atoms with Crippen LogP contribution in [0.15, 0.2) is 0 Å². The Hall–Kier alpha value is -0.650. The van der Waals surface area contributed by atoms with E-state index in [1.807, 2.05) is 0 Å². The first-order valence-corrected chi connectivity index (χ1v) is 5.88. The van der Waals surface area contributed by atoms with Gasteiger partial charge in [-0.3, -0.25) is 4.79 Å². The average molecular weight is 229 g/mol. The summed E-state index contributed by atoms with van der Waals surface area (Å²) in [6.45, 7) is 2.13. The smallest absolute Gasteiger partial charge is 0.223 e. The highest BCUT2D eigenvalue weighted by atomic mass is 16.5. The Morgan fingerprint density at radius 3 is 2.88 bits per heavy atom. The maximum atomic E-state index is 11.5. The van der Waals surface area contributed by atoms with E-state index in [1.165, 1.54) is 0 Å². The van der Waals surface area contributed by atoms with E-state index in [4.69, 9.17) is 10.5 Å². The molecule has 1 fully saturated rings. The van der Waals surface area contributed by atoms with Crippen molar-refractivity contribution in [3.63, 3.8) is 0 Å². The molecule has 0 aliphatic carbocycles. The molecule has 5 nitrogen and oxygen atoms in total. The Labute approximate surface area is 97.3 Å². The molecule has 0 aromatic rings. The van der Waals surface area contributed by atoms with Gasteiger partial charge in [0.2, 0.25) is 5.91 Å². The van der Waals surface area contributed by atoms with Crippen molar-refractivity contribution < 1.29 is 9.53 Å². The van der Waals surface area contributed by atoms with Gasteiger partial charge in [0.05, 0.1) is 6.10 Å². The minimum Gasteiger partial charge on any atom is -0.377 e. The molecule has 5 heteroatoms. The number of amides is 1. The molecule has 1 rings (SSSR count). The number of nitrogens with zero attached hydrogens (tertiary/aromatic N) is 1.